The molecule has 0 aliphatic carbocycles. The van der Waals surface area contributed by atoms with E-state index in [9.17, 15) is 22.0 Å². The highest BCUT2D eigenvalue weighted by Gasteiger charge is 2.33. The first kappa shape index (κ1) is 20.7. The molecule has 0 spiro atoms. The molecule has 1 aliphatic heterocycles. The monoisotopic (exact) mass is 390 g/mol. The van der Waals surface area contributed by atoms with Crippen LogP contribution in [0, 0.1) is 17.6 Å². The Morgan fingerprint density at radius 1 is 1.27 bits per heavy atom. The van der Waals surface area contributed by atoms with Crippen molar-refractivity contribution in [2.24, 2.45) is 5.92 Å². The molecule has 146 valence electrons. The smallest absolute Gasteiger partial charge is 0.243 e. The highest BCUT2D eigenvalue weighted by molar-refractivity contribution is 7.89. The molecule has 1 aromatic rings. The Morgan fingerprint density at radius 3 is 2.50 bits per heavy atom. The number of benzene rings is 1. The number of hydrogen-bond acceptors (Lipinski definition) is 4. The van der Waals surface area contributed by atoms with Crippen LogP contribution in [0.15, 0.2) is 23.1 Å². The van der Waals surface area contributed by atoms with Gasteiger partial charge in [-0.2, -0.15) is 4.31 Å². The molecule has 1 fully saturated rings. The van der Waals surface area contributed by atoms with E-state index < -0.39 is 21.7 Å². The first-order valence-electron chi connectivity index (χ1n) is 8.46. The van der Waals surface area contributed by atoms with E-state index in [0.29, 0.717) is 32.1 Å². The van der Waals surface area contributed by atoms with Crippen LogP contribution >= 0.6 is 0 Å². The molecule has 0 atom stereocenters. The summed E-state index contributed by atoms with van der Waals surface area (Å²) in [6.45, 7) is 1.50. The maximum Gasteiger partial charge on any atom is 0.243 e. The van der Waals surface area contributed by atoms with Crippen LogP contribution in [-0.4, -0.2) is 63.9 Å². The molecule has 0 saturated carbocycles. The lowest BCUT2D eigenvalue weighted by Crippen LogP contribution is -2.43. The first-order chi connectivity index (χ1) is 12.3. The fourth-order valence-electron chi connectivity index (χ4n) is 3.00. The van der Waals surface area contributed by atoms with Crippen LogP contribution < -0.4 is 0 Å². The summed E-state index contributed by atoms with van der Waals surface area (Å²) in [6.07, 6.45) is 1.54. The van der Waals surface area contributed by atoms with Crippen molar-refractivity contribution in [3.05, 3.63) is 29.8 Å². The van der Waals surface area contributed by atoms with Crippen molar-refractivity contribution < 1.29 is 26.7 Å². The van der Waals surface area contributed by atoms with Crippen LogP contribution in [0.4, 0.5) is 8.78 Å². The quantitative estimate of drug-likeness (QED) is 0.667. The van der Waals surface area contributed by atoms with Crippen LogP contribution in [0.1, 0.15) is 19.3 Å². The van der Waals surface area contributed by atoms with Crippen LogP contribution in [0.5, 0.6) is 0 Å². The van der Waals surface area contributed by atoms with Crippen molar-refractivity contribution in [2.75, 3.05) is 40.4 Å². The zero-order valence-electron chi connectivity index (χ0n) is 15.0. The van der Waals surface area contributed by atoms with Gasteiger partial charge in [-0.3, -0.25) is 4.79 Å². The average Bonchev–Trinajstić information content (AvgIpc) is 2.63. The van der Waals surface area contributed by atoms with Gasteiger partial charge in [0, 0.05) is 46.3 Å². The number of carbonyl (C=O) groups is 1. The summed E-state index contributed by atoms with van der Waals surface area (Å²) in [7, 11) is -0.576. The number of hydrogen-bond donors (Lipinski definition) is 0. The molecule has 1 aliphatic rings. The second-order valence-corrected chi connectivity index (χ2v) is 8.30. The standard InChI is InChI=1S/C17H24F2N2O4S/c1-20(8-3-11-25-2)17(22)13-6-9-21(10-7-13)26(23,24)14-4-5-15(18)16(19)12-14/h4-5,12-13H,3,6-11H2,1-2H3. The number of carbonyl (C=O) groups excluding carboxylic acids is 1. The summed E-state index contributed by atoms with van der Waals surface area (Å²) in [5.41, 5.74) is 0. The SMILES string of the molecule is COCCCN(C)C(=O)C1CCN(S(=O)(=O)c2ccc(F)c(F)c2)CC1. The third kappa shape index (κ3) is 4.77. The molecule has 0 unspecified atom stereocenters. The number of amides is 1. The molecule has 1 aromatic carbocycles. The number of halogens is 2. The van der Waals surface area contributed by atoms with Crippen molar-refractivity contribution >= 4 is 15.9 Å². The lowest BCUT2D eigenvalue weighted by molar-refractivity contribution is -0.135. The summed E-state index contributed by atoms with van der Waals surface area (Å²) in [4.78, 5) is 13.8. The first-order valence-corrected chi connectivity index (χ1v) is 9.90. The molecule has 0 N–H and O–H groups in total. The van der Waals surface area contributed by atoms with E-state index in [1.165, 1.54) is 4.31 Å². The molecule has 1 saturated heterocycles. The van der Waals surface area contributed by atoms with Gasteiger partial charge in [-0.05, 0) is 37.5 Å². The van der Waals surface area contributed by atoms with Crippen molar-refractivity contribution in [2.45, 2.75) is 24.2 Å². The molecule has 2 rings (SSSR count). The number of rotatable bonds is 7. The third-order valence-electron chi connectivity index (χ3n) is 4.55. The maximum absolute atomic E-state index is 13.3. The van der Waals surface area contributed by atoms with E-state index in [1.807, 2.05) is 0 Å². The molecule has 0 bridgehead atoms. The number of methoxy groups -OCH3 is 1. The van der Waals surface area contributed by atoms with Crippen molar-refractivity contribution in [1.82, 2.24) is 9.21 Å². The molecule has 0 radical (unpaired) electrons. The Balaban J connectivity index is 1.96. The van der Waals surface area contributed by atoms with E-state index >= 15 is 0 Å². The number of nitrogens with zero attached hydrogens (tertiary/aromatic N) is 2. The Bertz CT molecular complexity index is 734. The third-order valence-corrected chi connectivity index (χ3v) is 6.44. The Morgan fingerprint density at radius 2 is 1.92 bits per heavy atom. The van der Waals surface area contributed by atoms with Crippen LogP contribution in [0.2, 0.25) is 0 Å². The second kappa shape index (κ2) is 8.88. The lowest BCUT2D eigenvalue weighted by Gasteiger charge is -2.32. The highest BCUT2D eigenvalue weighted by Crippen LogP contribution is 2.25. The molecule has 9 heteroatoms. The largest absolute Gasteiger partial charge is 0.385 e. The van der Waals surface area contributed by atoms with Gasteiger partial charge in [0.05, 0.1) is 4.90 Å². The van der Waals surface area contributed by atoms with E-state index in [0.717, 1.165) is 18.6 Å². The predicted octanol–water partition coefficient (Wildman–Crippen LogP) is 1.86. The minimum atomic E-state index is -3.90. The van der Waals surface area contributed by atoms with Gasteiger partial charge in [0.2, 0.25) is 15.9 Å². The fraction of sp³-hybridized carbons (Fsp3) is 0.588. The van der Waals surface area contributed by atoms with Crippen LogP contribution in [0.3, 0.4) is 0 Å². The van der Waals surface area contributed by atoms with Gasteiger partial charge in [-0.1, -0.05) is 0 Å². The molecule has 6 nitrogen and oxygen atoms in total. The lowest BCUT2D eigenvalue weighted by atomic mass is 9.96. The maximum atomic E-state index is 13.3. The van der Waals surface area contributed by atoms with Gasteiger partial charge in [-0.25, -0.2) is 17.2 Å². The number of ether oxygens (including phenoxy) is 1. The molecule has 0 aromatic heterocycles. The average molecular weight is 390 g/mol. The molecular formula is C17H24F2N2O4S. The van der Waals surface area contributed by atoms with Gasteiger partial charge in [0.1, 0.15) is 0 Å². The Hall–Kier alpha value is -1.58. The van der Waals surface area contributed by atoms with Crippen LogP contribution in [0.25, 0.3) is 0 Å². The highest BCUT2D eigenvalue weighted by atomic mass is 32.2. The van der Waals surface area contributed by atoms with Crippen molar-refractivity contribution in [3.63, 3.8) is 0 Å². The minimum absolute atomic E-state index is 0.00835. The normalized spacial score (nSPS) is 16.6. The van der Waals surface area contributed by atoms with Crippen molar-refractivity contribution in [3.8, 4) is 0 Å². The van der Waals surface area contributed by atoms with Gasteiger partial charge < -0.3 is 9.64 Å². The zero-order valence-corrected chi connectivity index (χ0v) is 15.8. The number of sulfonamides is 1. The summed E-state index contributed by atoms with van der Waals surface area (Å²) in [5, 5.41) is 0. The molecule has 1 heterocycles. The molecule has 1 amide bonds. The van der Waals surface area contributed by atoms with Gasteiger partial charge in [-0.15, -0.1) is 0 Å². The fourth-order valence-corrected chi connectivity index (χ4v) is 4.48. The van der Waals surface area contributed by atoms with E-state index in [-0.39, 0.29) is 29.8 Å². The van der Waals surface area contributed by atoms with Gasteiger partial charge >= 0.3 is 0 Å². The molecular weight excluding hydrogens is 366 g/mol. The van der Waals surface area contributed by atoms with Gasteiger partial charge in [0.15, 0.2) is 11.6 Å². The Kier molecular flexibility index (Phi) is 7.08. The summed E-state index contributed by atoms with van der Waals surface area (Å²) >= 11 is 0. The van der Waals surface area contributed by atoms with Gasteiger partial charge in [0.25, 0.3) is 0 Å². The molecule has 26 heavy (non-hydrogen) atoms. The minimum Gasteiger partial charge on any atom is -0.385 e. The topological polar surface area (TPSA) is 66.9 Å². The van der Waals surface area contributed by atoms with Crippen LogP contribution in [-0.2, 0) is 19.6 Å². The predicted molar refractivity (Wildman–Crippen MR) is 92.0 cm³/mol. The van der Waals surface area contributed by atoms with E-state index in [1.54, 1.807) is 19.1 Å². The summed E-state index contributed by atoms with van der Waals surface area (Å²) < 4.78 is 57.7. The number of piperidine rings is 1. The second-order valence-electron chi connectivity index (χ2n) is 6.36. The Labute approximate surface area is 152 Å². The van der Waals surface area contributed by atoms with E-state index in [2.05, 4.69) is 0 Å². The van der Waals surface area contributed by atoms with Crippen molar-refractivity contribution in [1.29, 1.82) is 0 Å². The van der Waals surface area contributed by atoms with E-state index in [4.69, 9.17) is 4.74 Å². The summed E-state index contributed by atoms with van der Waals surface area (Å²) in [6, 6.07) is 2.54. The summed E-state index contributed by atoms with van der Waals surface area (Å²) in [5.74, 6) is -2.54. The zero-order chi connectivity index (χ0) is 19.3.